The van der Waals surface area contributed by atoms with Crippen molar-refractivity contribution < 1.29 is 4.74 Å². The molecule has 3 N–H and O–H groups in total. The Morgan fingerprint density at radius 1 is 1.45 bits per heavy atom. The fourth-order valence-corrected chi connectivity index (χ4v) is 0.212. The third-order valence-electron chi connectivity index (χ3n) is 0.576. The van der Waals surface area contributed by atoms with Crippen molar-refractivity contribution in [2.45, 2.75) is 23.8 Å². The lowest BCUT2D eigenvalue weighted by atomic mass is 10.4. The summed E-state index contributed by atoms with van der Waals surface area (Å²) < 4.78 is 4.63. The van der Waals surface area contributed by atoms with Crippen molar-refractivity contribution in [3.8, 4) is 0 Å². The van der Waals surface area contributed by atoms with E-state index in [0.29, 0.717) is 13.0 Å². The van der Waals surface area contributed by atoms with E-state index in [0.717, 1.165) is 0 Å². The average molecular weight is 174 g/mol. The van der Waals surface area contributed by atoms with Gasteiger partial charge in [-0.15, -0.1) is 17.4 Å². The van der Waals surface area contributed by atoms with Crippen LogP contribution in [-0.2, 0) is 4.74 Å². The lowest BCUT2D eigenvalue weighted by Gasteiger charge is -1.92. The Morgan fingerprint density at radius 2 is 1.82 bits per heavy atom. The van der Waals surface area contributed by atoms with Gasteiger partial charge in [-0.3, -0.25) is 5.41 Å². The van der Waals surface area contributed by atoms with E-state index in [-0.39, 0.29) is 20.0 Å². The smallest absolute Gasteiger partial charge is 0.251 e. The summed E-state index contributed by atoms with van der Waals surface area (Å²) in [7, 11) is 1.59. The minimum Gasteiger partial charge on any atom is -0.388 e. The van der Waals surface area contributed by atoms with Crippen molar-refractivity contribution in [1.29, 1.82) is 5.41 Å². The molecule has 0 aromatic rings. The van der Waals surface area contributed by atoms with E-state index in [4.69, 9.17) is 11.1 Å². The van der Waals surface area contributed by atoms with Gasteiger partial charge in [-0.2, -0.15) is 0 Å². The van der Waals surface area contributed by atoms with E-state index < -0.39 is 0 Å². The number of methoxy groups -OCH3 is 1. The van der Waals surface area contributed by atoms with Crippen molar-refractivity contribution >= 4 is 20.0 Å². The molecule has 0 aliphatic carbocycles. The average Bonchev–Trinajstić information content (AvgIpc) is 1.82. The summed E-state index contributed by atoms with van der Waals surface area (Å²) in [5.74, 6) is 7.10. The van der Waals surface area contributed by atoms with Crippen molar-refractivity contribution in [1.82, 2.24) is 0 Å². The molecule has 0 unspecified atom stereocenters. The second kappa shape index (κ2) is 9.96. The molecule has 0 radical (unpaired) electrons. The molecule has 0 aromatic carbocycles. The molecule has 0 fully saturated rings. The number of amidine groups is 1. The first-order valence-corrected chi connectivity index (χ1v) is 7.29. The predicted molar refractivity (Wildman–Crippen MR) is 51.8 cm³/mol. The number of nitrogens with one attached hydrogen (secondary N) is 1. The Kier molecular flexibility index (Phi) is 12.3. The molecule has 0 aromatic heterocycles. The molecule has 4 heteroatoms. The normalized spacial score (nSPS) is 8.00. The van der Waals surface area contributed by atoms with Crippen LogP contribution in [-0.4, -0.2) is 33.7 Å². The zero-order chi connectivity index (χ0) is 9.28. The molecule has 0 aliphatic heterocycles. The molecule has 0 saturated heterocycles. The number of ether oxygens (including phenoxy) is 1. The molecule has 0 atom stereocenters. The molecule has 3 nitrogen and oxygen atoms in total. The maximum Gasteiger partial charge on any atom is 0.251 e. The molecule has 0 saturated carbocycles. The van der Waals surface area contributed by atoms with Gasteiger partial charge in [-0.1, -0.05) is 0 Å². The van der Waals surface area contributed by atoms with Gasteiger partial charge in [-0.05, 0) is 0 Å². The van der Waals surface area contributed by atoms with Crippen molar-refractivity contribution in [3.05, 3.63) is 0 Å². The Hall–Kier alpha value is -0.0375. The predicted octanol–water partition coefficient (Wildman–Crippen LogP) is 1.33. The maximum atomic E-state index is 6.70. The Labute approximate surface area is 73.8 Å². The van der Waals surface area contributed by atoms with E-state index in [9.17, 15) is 0 Å². The van der Waals surface area contributed by atoms with Crippen LogP contribution >= 0.6 is 0 Å². The first-order valence-electron chi connectivity index (χ1n) is 3.82. The van der Waals surface area contributed by atoms with Crippen LogP contribution in [0, 0.1) is 5.41 Å². The van der Waals surface area contributed by atoms with E-state index in [1.807, 2.05) is 0 Å². The zero-order valence-corrected chi connectivity index (χ0v) is 9.13. The van der Waals surface area contributed by atoms with Gasteiger partial charge in [0.05, 0.1) is 12.4 Å². The number of hydrogen-bond donors (Lipinski definition) is 2. The summed E-state index contributed by atoms with van der Waals surface area (Å²) in [5.41, 5.74) is 4.98. The fourth-order valence-electron chi connectivity index (χ4n) is 0.212. The van der Waals surface area contributed by atoms with Crippen LogP contribution in [0.1, 0.15) is 6.42 Å². The third kappa shape index (κ3) is 40.2. The summed E-state index contributed by atoms with van der Waals surface area (Å²) in [4.78, 5) is 0. The first kappa shape index (κ1) is 13.5. The highest BCUT2D eigenvalue weighted by molar-refractivity contribution is 6.54. The Bertz CT molecular complexity index is 93.7. The van der Waals surface area contributed by atoms with E-state index >= 15 is 0 Å². The second-order valence-corrected chi connectivity index (χ2v) is 6.46. The quantitative estimate of drug-likeness (QED) is 0.385. The highest BCUT2D eigenvalue weighted by Gasteiger charge is 1.83. The highest BCUT2D eigenvalue weighted by atomic mass is 27.2. The van der Waals surface area contributed by atoms with Gasteiger partial charge in [0.15, 0.2) is 0 Å². The summed E-state index contributed by atoms with van der Waals surface area (Å²) in [5, 5.41) is 6.70. The summed E-state index contributed by atoms with van der Waals surface area (Å²) in [6.45, 7) is 0.551. The molecule has 0 rings (SSSR count). The highest BCUT2D eigenvalue weighted by Crippen LogP contribution is 1.74. The van der Waals surface area contributed by atoms with Crippen molar-refractivity contribution in [2.24, 2.45) is 5.73 Å². The van der Waals surface area contributed by atoms with Crippen LogP contribution in [0.5, 0.6) is 0 Å². The molecule has 0 amide bonds. The van der Waals surface area contributed by atoms with E-state index in [2.05, 4.69) is 22.1 Å². The topological polar surface area (TPSA) is 59.1 Å². The van der Waals surface area contributed by atoms with E-state index in [1.54, 1.807) is 7.11 Å². The van der Waals surface area contributed by atoms with Crippen molar-refractivity contribution in [2.75, 3.05) is 13.7 Å². The minimum atomic E-state index is -0.139. The van der Waals surface area contributed by atoms with Gasteiger partial charge < -0.3 is 10.5 Å². The molecule has 0 heterocycles. The van der Waals surface area contributed by atoms with Gasteiger partial charge in [0.2, 0.25) is 0 Å². The Morgan fingerprint density at radius 3 is 1.91 bits per heavy atom. The molecular weight excluding hydrogens is 155 g/mol. The summed E-state index contributed by atoms with van der Waals surface area (Å²) >= 11 is -0.139. The van der Waals surface area contributed by atoms with Crippen LogP contribution in [0.15, 0.2) is 0 Å². The lowest BCUT2D eigenvalue weighted by Crippen LogP contribution is -2.11. The van der Waals surface area contributed by atoms with Crippen LogP contribution in [0.4, 0.5) is 0 Å². The van der Waals surface area contributed by atoms with Gasteiger partial charge in [-0.25, -0.2) is 0 Å². The minimum absolute atomic E-state index is 0.139. The van der Waals surface area contributed by atoms with Crippen LogP contribution < -0.4 is 5.73 Å². The number of hydrogen-bond acceptors (Lipinski definition) is 2. The molecule has 0 aliphatic rings. The maximum absolute atomic E-state index is 6.70. The standard InChI is InChI=1S/C4H10N2O.3CH3.Al/c1-7-3-2-4(5)6;;;;/h2-3H2,1H3,(H3,5,6);3*1H3;. The largest absolute Gasteiger partial charge is 0.388 e. The Balaban J connectivity index is 0. The second-order valence-electron chi connectivity index (χ2n) is 3.00. The van der Waals surface area contributed by atoms with Gasteiger partial charge in [0.25, 0.3) is 14.1 Å². The van der Waals surface area contributed by atoms with Crippen LogP contribution in [0.2, 0.25) is 17.4 Å². The van der Waals surface area contributed by atoms with Crippen LogP contribution in [0.3, 0.4) is 0 Å². The van der Waals surface area contributed by atoms with Gasteiger partial charge in [0, 0.05) is 13.5 Å². The molecule has 11 heavy (non-hydrogen) atoms. The van der Waals surface area contributed by atoms with Gasteiger partial charge in [0.1, 0.15) is 0 Å². The zero-order valence-electron chi connectivity index (χ0n) is 7.98. The molecule has 0 spiro atoms. The van der Waals surface area contributed by atoms with Crippen LogP contribution in [0.25, 0.3) is 0 Å². The SMILES string of the molecule is COCCC(=N)N.[CH3][Al]([CH3])[CH3]. The lowest BCUT2D eigenvalue weighted by molar-refractivity contribution is 0.207. The van der Waals surface area contributed by atoms with Gasteiger partial charge >= 0.3 is 0 Å². The third-order valence-corrected chi connectivity index (χ3v) is 0.576. The monoisotopic (exact) mass is 174 g/mol. The fraction of sp³-hybridized carbons (Fsp3) is 0.857. The molecule has 66 valence electrons. The molecule has 0 bridgehead atoms. The molecular formula is C7H19AlN2O. The summed E-state index contributed by atoms with van der Waals surface area (Å²) in [6, 6.07) is 0. The summed E-state index contributed by atoms with van der Waals surface area (Å²) in [6.07, 6.45) is 0.538. The van der Waals surface area contributed by atoms with E-state index in [1.165, 1.54) is 0 Å². The first-order chi connectivity index (χ1) is 5.00. The van der Waals surface area contributed by atoms with Crippen molar-refractivity contribution in [3.63, 3.8) is 0 Å². The number of nitrogens with two attached hydrogens (primary N) is 1. The number of rotatable bonds is 3.